The van der Waals surface area contributed by atoms with Crippen molar-refractivity contribution in [3.05, 3.63) is 47.2 Å². The van der Waals surface area contributed by atoms with Gasteiger partial charge in [0.25, 0.3) is 0 Å². The van der Waals surface area contributed by atoms with Crippen LogP contribution in [0.4, 0.5) is 4.39 Å². The summed E-state index contributed by atoms with van der Waals surface area (Å²) in [6.45, 7) is -0.377. The standard InChI is InChI=1S/C23H23FN8O4S2/c1-32(2)38(35,36)20(22(34)25-11-18(33)26-15-7-8-15)23-27-19-16(24)9-14(10-17(19)37-23)12-3-5-13(6-4-12)21-28-30-31-29-21/h3-6,9-10,15,20H,7-8,11H2,1-2H3,(H,25,34)(H,26,33)(H,28,29,30,31). The number of aromatic amines is 1. The highest BCUT2D eigenvalue weighted by atomic mass is 32.2. The fraction of sp³-hybridized carbons (Fsp3) is 0.304. The number of thiazole rings is 1. The number of hydrogen-bond acceptors (Lipinski definition) is 9. The van der Waals surface area contributed by atoms with Crippen LogP contribution in [0.15, 0.2) is 36.4 Å². The average Bonchev–Trinajstić information content (AvgIpc) is 3.34. The van der Waals surface area contributed by atoms with E-state index in [2.05, 4.69) is 36.2 Å². The lowest BCUT2D eigenvalue weighted by molar-refractivity contribution is -0.126. The minimum atomic E-state index is -4.20. The zero-order chi connectivity index (χ0) is 27.0. The molecule has 5 rings (SSSR count). The highest BCUT2D eigenvalue weighted by Crippen LogP contribution is 2.36. The smallest absolute Gasteiger partial charge is 0.247 e. The number of halogens is 1. The van der Waals surface area contributed by atoms with Gasteiger partial charge in [0.15, 0.2) is 11.6 Å². The predicted octanol–water partition coefficient (Wildman–Crippen LogP) is 1.61. The molecule has 1 fully saturated rings. The molecule has 0 bridgehead atoms. The summed E-state index contributed by atoms with van der Waals surface area (Å²) in [4.78, 5) is 29.3. The predicted molar refractivity (Wildman–Crippen MR) is 138 cm³/mol. The Morgan fingerprint density at radius 1 is 1.16 bits per heavy atom. The van der Waals surface area contributed by atoms with Gasteiger partial charge < -0.3 is 10.6 Å². The number of aromatic nitrogens is 5. The topological polar surface area (TPSA) is 163 Å². The second-order valence-electron chi connectivity index (χ2n) is 8.95. The first-order chi connectivity index (χ1) is 18.1. The van der Waals surface area contributed by atoms with Crippen LogP contribution in [0, 0.1) is 5.82 Å². The summed E-state index contributed by atoms with van der Waals surface area (Å²) in [5, 5.41) is 16.9. The van der Waals surface area contributed by atoms with Crippen molar-refractivity contribution >= 4 is 43.4 Å². The molecule has 0 radical (unpaired) electrons. The van der Waals surface area contributed by atoms with Gasteiger partial charge >= 0.3 is 0 Å². The molecular formula is C23H23FN8O4S2. The molecule has 4 aromatic rings. The van der Waals surface area contributed by atoms with Gasteiger partial charge in [-0.2, -0.15) is 0 Å². The molecule has 2 heterocycles. The zero-order valence-electron chi connectivity index (χ0n) is 20.3. The van der Waals surface area contributed by atoms with E-state index in [1.165, 1.54) is 20.2 Å². The number of fused-ring (bicyclic) bond motifs is 1. The summed E-state index contributed by atoms with van der Waals surface area (Å²) in [6, 6.07) is 10.2. The normalized spacial score (nSPS) is 14.5. The Labute approximate surface area is 220 Å². The molecule has 2 amide bonds. The van der Waals surface area contributed by atoms with Crippen molar-refractivity contribution in [3.63, 3.8) is 0 Å². The lowest BCUT2D eigenvalue weighted by Crippen LogP contribution is -2.43. The molecule has 1 aliphatic rings. The summed E-state index contributed by atoms with van der Waals surface area (Å²) in [5.41, 5.74) is 1.94. The van der Waals surface area contributed by atoms with Crippen molar-refractivity contribution in [3.8, 4) is 22.5 Å². The Hall–Kier alpha value is -3.82. The van der Waals surface area contributed by atoms with Crippen LogP contribution in [0.3, 0.4) is 0 Å². The maximum Gasteiger partial charge on any atom is 0.247 e. The van der Waals surface area contributed by atoms with Crippen molar-refractivity contribution in [1.82, 2.24) is 40.5 Å². The Morgan fingerprint density at radius 3 is 2.50 bits per heavy atom. The van der Waals surface area contributed by atoms with Crippen LogP contribution in [-0.2, 0) is 19.6 Å². The van der Waals surface area contributed by atoms with Gasteiger partial charge in [0.2, 0.25) is 27.1 Å². The first-order valence-corrected chi connectivity index (χ1v) is 13.9. The molecule has 1 unspecified atom stereocenters. The van der Waals surface area contributed by atoms with E-state index in [-0.39, 0.29) is 23.1 Å². The van der Waals surface area contributed by atoms with E-state index < -0.39 is 32.9 Å². The molecule has 38 heavy (non-hydrogen) atoms. The van der Waals surface area contributed by atoms with Gasteiger partial charge in [-0.25, -0.2) is 27.2 Å². The molecule has 2 aromatic heterocycles. The lowest BCUT2D eigenvalue weighted by atomic mass is 10.0. The summed E-state index contributed by atoms with van der Waals surface area (Å²) < 4.78 is 42.6. The molecule has 1 atom stereocenters. The van der Waals surface area contributed by atoms with Crippen molar-refractivity contribution in [2.75, 3.05) is 20.6 Å². The van der Waals surface area contributed by atoms with Crippen molar-refractivity contribution in [2.24, 2.45) is 0 Å². The quantitative estimate of drug-likeness (QED) is 0.279. The fourth-order valence-corrected chi connectivity index (χ4v) is 6.33. The number of tetrazole rings is 1. The summed E-state index contributed by atoms with van der Waals surface area (Å²) in [6.07, 6.45) is 1.75. The molecule has 3 N–H and O–H groups in total. The van der Waals surface area contributed by atoms with Gasteiger partial charge in [0.1, 0.15) is 10.5 Å². The van der Waals surface area contributed by atoms with Gasteiger partial charge in [0.05, 0.1) is 11.2 Å². The van der Waals surface area contributed by atoms with E-state index in [0.29, 0.717) is 21.7 Å². The van der Waals surface area contributed by atoms with Crippen molar-refractivity contribution in [2.45, 2.75) is 24.1 Å². The summed E-state index contributed by atoms with van der Waals surface area (Å²) in [5.74, 6) is -1.50. The third-order valence-electron chi connectivity index (χ3n) is 5.94. The fourth-order valence-electron chi connectivity index (χ4n) is 3.74. The minimum absolute atomic E-state index is 0.0451. The molecule has 15 heteroatoms. The lowest BCUT2D eigenvalue weighted by Gasteiger charge is -2.19. The van der Waals surface area contributed by atoms with Gasteiger partial charge in [0, 0.05) is 25.7 Å². The SMILES string of the molecule is CN(C)S(=O)(=O)C(C(=O)NCC(=O)NC1CC1)c1nc2c(F)cc(-c3ccc(-c4nnn[nH]4)cc3)cc2s1. The summed E-state index contributed by atoms with van der Waals surface area (Å²) >= 11 is 0.907. The van der Waals surface area contributed by atoms with E-state index in [1.54, 1.807) is 30.3 Å². The summed E-state index contributed by atoms with van der Waals surface area (Å²) in [7, 11) is -1.62. The number of H-pyrrole nitrogens is 1. The van der Waals surface area contributed by atoms with Gasteiger partial charge in [-0.15, -0.1) is 16.4 Å². The minimum Gasteiger partial charge on any atom is -0.352 e. The Balaban J connectivity index is 1.45. The van der Waals surface area contributed by atoms with Crippen LogP contribution in [0.1, 0.15) is 23.1 Å². The molecular weight excluding hydrogens is 535 g/mol. The molecule has 0 saturated heterocycles. The number of nitrogens with zero attached hydrogens (tertiary/aromatic N) is 5. The number of sulfonamides is 1. The van der Waals surface area contributed by atoms with Gasteiger partial charge in [-0.3, -0.25) is 9.59 Å². The largest absolute Gasteiger partial charge is 0.352 e. The van der Waals surface area contributed by atoms with E-state index in [9.17, 15) is 18.0 Å². The molecule has 12 nitrogen and oxygen atoms in total. The molecule has 0 aliphatic heterocycles. The van der Waals surface area contributed by atoms with Crippen LogP contribution in [0.5, 0.6) is 0 Å². The molecule has 0 spiro atoms. The molecule has 198 valence electrons. The number of carbonyl (C=O) groups excluding carboxylic acids is 2. The second-order valence-corrected chi connectivity index (χ2v) is 12.2. The molecule has 1 saturated carbocycles. The third kappa shape index (κ3) is 5.25. The van der Waals surface area contributed by atoms with Crippen molar-refractivity contribution < 1.29 is 22.4 Å². The highest BCUT2D eigenvalue weighted by molar-refractivity contribution is 7.90. The number of hydrogen-bond donors (Lipinski definition) is 3. The maximum atomic E-state index is 15.1. The Kier molecular flexibility index (Phi) is 6.90. The van der Waals surface area contributed by atoms with Crippen LogP contribution < -0.4 is 10.6 Å². The van der Waals surface area contributed by atoms with E-state index in [1.807, 2.05) is 0 Å². The van der Waals surface area contributed by atoms with Crippen LogP contribution in [0.25, 0.3) is 32.7 Å². The number of rotatable bonds is 9. The number of amides is 2. The number of benzene rings is 2. The van der Waals surface area contributed by atoms with Crippen LogP contribution in [0.2, 0.25) is 0 Å². The second kappa shape index (κ2) is 10.2. The molecule has 2 aromatic carbocycles. The first kappa shape index (κ1) is 25.8. The average molecular weight is 559 g/mol. The zero-order valence-corrected chi connectivity index (χ0v) is 21.9. The molecule has 1 aliphatic carbocycles. The van der Waals surface area contributed by atoms with Gasteiger partial charge in [-0.1, -0.05) is 24.3 Å². The Morgan fingerprint density at radius 2 is 1.87 bits per heavy atom. The maximum absolute atomic E-state index is 15.1. The monoisotopic (exact) mass is 558 g/mol. The number of nitrogens with one attached hydrogen (secondary N) is 3. The Bertz CT molecular complexity index is 1600. The van der Waals surface area contributed by atoms with Crippen LogP contribution in [-0.4, -0.2) is 76.8 Å². The van der Waals surface area contributed by atoms with E-state index >= 15 is 4.39 Å². The third-order valence-corrected chi connectivity index (χ3v) is 9.20. The van der Waals surface area contributed by atoms with E-state index in [4.69, 9.17) is 0 Å². The van der Waals surface area contributed by atoms with Crippen LogP contribution >= 0.6 is 11.3 Å². The van der Waals surface area contributed by atoms with E-state index in [0.717, 1.165) is 34.0 Å². The van der Waals surface area contributed by atoms with Gasteiger partial charge in [-0.05, 0) is 46.5 Å². The highest BCUT2D eigenvalue weighted by Gasteiger charge is 2.39. The first-order valence-electron chi connectivity index (χ1n) is 11.6. The number of carbonyl (C=O) groups is 2. The van der Waals surface area contributed by atoms with Crippen molar-refractivity contribution in [1.29, 1.82) is 0 Å².